The molecular weight excluding hydrogens is 603 g/mol. The number of fused-ring (bicyclic) bond motifs is 1. The van der Waals surface area contributed by atoms with Gasteiger partial charge < -0.3 is 19.7 Å². The normalized spacial score (nSPS) is 15.5. The molecule has 2 heterocycles. The summed E-state index contributed by atoms with van der Waals surface area (Å²) < 4.78 is 81.7. The van der Waals surface area contributed by atoms with Crippen LogP contribution >= 0.6 is 11.6 Å². The number of carboxylic acids is 1. The molecule has 42 heavy (non-hydrogen) atoms. The van der Waals surface area contributed by atoms with Gasteiger partial charge in [-0.15, -0.1) is 5.10 Å². The lowest BCUT2D eigenvalue weighted by molar-refractivity contribution is -0.137. The molecule has 1 aliphatic heterocycles. The van der Waals surface area contributed by atoms with Crippen LogP contribution in [0.15, 0.2) is 47.5 Å². The Bertz CT molecular complexity index is 1580. The largest absolute Gasteiger partial charge is 0.486 e. The molecule has 0 amide bonds. The molecule has 0 spiro atoms. The highest BCUT2D eigenvalue weighted by molar-refractivity contribution is 7.93. The Morgan fingerprint density at radius 1 is 1.31 bits per heavy atom. The summed E-state index contributed by atoms with van der Waals surface area (Å²) in [4.78, 5) is 10.7. The minimum atomic E-state index is -4.56. The van der Waals surface area contributed by atoms with E-state index < -0.39 is 58.3 Å². The molecule has 4 rings (SSSR count). The Kier molecular flexibility index (Phi) is 9.69. The van der Waals surface area contributed by atoms with E-state index in [1.807, 2.05) is 0 Å². The van der Waals surface area contributed by atoms with Gasteiger partial charge in [-0.1, -0.05) is 29.8 Å². The van der Waals surface area contributed by atoms with Crippen molar-refractivity contribution in [2.24, 2.45) is 0 Å². The van der Waals surface area contributed by atoms with Crippen molar-refractivity contribution in [3.63, 3.8) is 0 Å². The van der Waals surface area contributed by atoms with Gasteiger partial charge in [0, 0.05) is 18.2 Å². The summed E-state index contributed by atoms with van der Waals surface area (Å²) in [6.07, 6.45) is -1.51. The van der Waals surface area contributed by atoms with Crippen molar-refractivity contribution in [3.05, 3.63) is 64.6 Å². The molecule has 0 radical (unpaired) electrons. The quantitative estimate of drug-likeness (QED) is 0.276. The average Bonchev–Trinajstić information content (AvgIpc) is 3.32. The number of alkyl halides is 2. The molecule has 226 valence electrons. The van der Waals surface area contributed by atoms with E-state index >= 15 is 0 Å². The Morgan fingerprint density at radius 3 is 2.74 bits per heavy atom. The van der Waals surface area contributed by atoms with Crippen LogP contribution in [0, 0.1) is 5.82 Å². The number of aliphatic carboxylic acids is 1. The summed E-state index contributed by atoms with van der Waals surface area (Å²) in [5, 5.41) is 22.3. The molecule has 0 aliphatic carbocycles. The van der Waals surface area contributed by atoms with Crippen LogP contribution in [-0.2, 0) is 21.4 Å². The van der Waals surface area contributed by atoms with E-state index in [9.17, 15) is 26.4 Å². The number of allylic oxidation sites excluding steroid dienone is 1. The Hall–Kier alpha value is -3.75. The van der Waals surface area contributed by atoms with Gasteiger partial charge >= 0.3 is 5.97 Å². The summed E-state index contributed by atoms with van der Waals surface area (Å²) >= 11 is 6.20. The topological polar surface area (TPSA) is 131 Å². The number of rotatable bonds is 12. The van der Waals surface area contributed by atoms with Crippen LogP contribution in [0.1, 0.15) is 30.9 Å². The van der Waals surface area contributed by atoms with E-state index in [-0.39, 0.29) is 48.0 Å². The van der Waals surface area contributed by atoms with Crippen molar-refractivity contribution < 1.29 is 46.1 Å². The molecule has 2 aromatic carbocycles. The number of halogens is 4. The fraction of sp³-hybridized carbons (Fsp3) is 0.333. The molecule has 2 N–H and O–H groups in total. The predicted molar refractivity (Wildman–Crippen MR) is 148 cm³/mol. The highest BCUT2D eigenvalue weighted by Crippen LogP contribution is 2.41. The summed E-state index contributed by atoms with van der Waals surface area (Å²) in [5.74, 6) is -2.01. The van der Waals surface area contributed by atoms with E-state index in [0.29, 0.717) is 11.1 Å². The molecular formula is C27H27ClF3N3O7S. The third-order valence-corrected chi connectivity index (χ3v) is 8.33. The molecule has 3 aromatic rings. The first kappa shape index (κ1) is 31.2. The maximum absolute atomic E-state index is 14.5. The highest BCUT2D eigenvalue weighted by Gasteiger charge is 2.38. The van der Waals surface area contributed by atoms with E-state index in [1.54, 1.807) is 19.1 Å². The number of carboxylic acid groups (broad SMARTS) is 1. The SMILES string of the molecule is CC(=Cc1ccc2c(c1)N(S(=O)(=O)c1cn(CC(F)F)nc1OCCO)CC(CCC(=O)O)O2)c1c(F)cccc1Cl. The van der Waals surface area contributed by atoms with Gasteiger partial charge in [0.1, 0.15) is 30.8 Å². The number of hydrogen-bond acceptors (Lipinski definition) is 7. The molecule has 1 atom stereocenters. The van der Waals surface area contributed by atoms with Crippen LogP contribution in [-0.4, -0.2) is 66.7 Å². The molecule has 1 aliphatic rings. The first-order valence-corrected chi connectivity index (χ1v) is 14.5. The number of anilines is 1. The molecule has 1 aromatic heterocycles. The van der Waals surface area contributed by atoms with Crippen molar-refractivity contribution in [1.82, 2.24) is 9.78 Å². The maximum Gasteiger partial charge on any atom is 0.303 e. The van der Waals surface area contributed by atoms with Gasteiger partial charge in [-0.3, -0.25) is 13.8 Å². The van der Waals surface area contributed by atoms with Gasteiger partial charge in [0.05, 0.1) is 23.9 Å². The summed E-state index contributed by atoms with van der Waals surface area (Å²) in [5.41, 5.74) is 1.15. The first-order valence-electron chi connectivity index (χ1n) is 12.7. The van der Waals surface area contributed by atoms with Crippen molar-refractivity contribution >= 4 is 44.9 Å². The third-order valence-electron chi connectivity index (χ3n) is 6.25. The van der Waals surface area contributed by atoms with Gasteiger partial charge in [-0.05, 0) is 48.7 Å². The van der Waals surface area contributed by atoms with Crippen LogP contribution in [0.3, 0.4) is 0 Å². The van der Waals surface area contributed by atoms with Gasteiger partial charge in [0.25, 0.3) is 22.3 Å². The Labute approximate surface area is 244 Å². The van der Waals surface area contributed by atoms with Crippen LogP contribution in [0.5, 0.6) is 11.6 Å². The zero-order chi connectivity index (χ0) is 30.6. The number of nitrogens with zero attached hydrogens (tertiary/aromatic N) is 3. The zero-order valence-corrected chi connectivity index (χ0v) is 23.8. The van der Waals surface area contributed by atoms with Crippen molar-refractivity contribution in [1.29, 1.82) is 0 Å². The Morgan fingerprint density at radius 2 is 2.07 bits per heavy atom. The molecule has 0 bridgehead atoms. The van der Waals surface area contributed by atoms with Gasteiger partial charge in [0.15, 0.2) is 4.90 Å². The number of aliphatic hydroxyl groups is 1. The maximum atomic E-state index is 14.5. The second kappa shape index (κ2) is 13.0. The standard InChI is InChI=1S/C27H27ClF3N3O7S/c1-16(26-19(28)3-2-4-20(26)29)11-17-5-7-22-21(12-17)34(13-18(41-22)6-8-25(36)37)42(38,39)23-14-33(15-24(30)31)32-27(23)40-10-9-35/h2-5,7,11-12,14,18,24,35H,6,8-10,13,15H2,1H3,(H,36,37). The number of benzene rings is 2. The predicted octanol–water partition coefficient (Wildman–Crippen LogP) is 4.69. The smallest absolute Gasteiger partial charge is 0.303 e. The fourth-order valence-electron chi connectivity index (χ4n) is 4.44. The summed E-state index contributed by atoms with van der Waals surface area (Å²) in [6.45, 7) is -0.410. The Balaban J connectivity index is 1.81. The summed E-state index contributed by atoms with van der Waals surface area (Å²) in [6, 6.07) is 8.85. The second-order valence-corrected chi connectivity index (χ2v) is 11.6. The third kappa shape index (κ3) is 6.99. The number of carbonyl (C=O) groups is 1. The summed E-state index contributed by atoms with van der Waals surface area (Å²) in [7, 11) is -4.56. The average molecular weight is 630 g/mol. The molecule has 0 saturated heterocycles. The van der Waals surface area contributed by atoms with Crippen molar-refractivity contribution in [2.75, 3.05) is 24.1 Å². The van der Waals surface area contributed by atoms with Gasteiger partial charge in [0.2, 0.25) is 0 Å². The molecule has 1 unspecified atom stereocenters. The van der Waals surface area contributed by atoms with Crippen LogP contribution in [0.4, 0.5) is 18.9 Å². The van der Waals surface area contributed by atoms with Crippen LogP contribution < -0.4 is 13.8 Å². The minimum Gasteiger partial charge on any atom is -0.486 e. The molecule has 0 fully saturated rings. The van der Waals surface area contributed by atoms with Gasteiger partial charge in [-0.2, -0.15) is 0 Å². The highest BCUT2D eigenvalue weighted by atomic mass is 35.5. The first-order chi connectivity index (χ1) is 19.9. The zero-order valence-electron chi connectivity index (χ0n) is 22.2. The lowest BCUT2D eigenvalue weighted by Gasteiger charge is -2.35. The lowest BCUT2D eigenvalue weighted by atomic mass is 10.0. The van der Waals surface area contributed by atoms with Crippen LogP contribution in [0.25, 0.3) is 11.6 Å². The molecule has 15 heteroatoms. The minimum absolute atomic E-state index is 0.0220. The van der Waals surface area contributed by atoms with Crippen molar-refractivity contribution in [3.8, 4) is 11.6 Å². The number of sulfonamides is 1. The fourth-order valence-corrected chi connectivity index (χ4v) is 6.33. The van der Waals surface area contributed by atoms with E-state index in [0.717, 1.165) is 15.2 Å². The number of ether oxygens (including phenoxy) is 2. The molecule has 0 saturated carbocycles. The number of aromatic nitrogens is 2. The van der Waals surface area contributed by atoms with E-state index in [1.165, 1.54) is 30.3 Å². The second-order valence-electron chi connectivity index (χ2n) is 9.34. The number of hydrogen-bond donors (Lipinski definition) is 2. The lowest BCUT2D eigenvalue weighted by Crippen LogP contribution is -2.43. The van der Waals surface area contributed by atoms with Crippen LogP contribution in [0.2, 0.25) is 5.02 Å². The molecule has 10 nitrogen and oxygen atoms in total. The van der Waals surface area contributed by atoms with Crippen molar-refractivity contribution in [2.45, 2.75) is 43.7 Å². The number of aliphatic hydroxyl groups excluding tert-OH is 1. The van der Waals surface area contributed by atoms with E-state index in [2.05, 4.69) is 5.10 Å². The van der Waals surface area contributed by atoms with E-state index in [4.69, 9.17) is 31.3 Å². The monoisotopic (exact) mass is 629 g/mol. The van der Waals surface area contributed by atoms with Gasteiger partial charge in [-0.25, -0.2) is 21.6 Å².